The molecule has 0 fully saturated rings. The number of nitrogens with zero attached hydrogens (tertiary/aromatic N) is 2. The Morgan fingerprint density at radius 1 is 1.08 bits per heavy atom. The van der Waals surface area contributed by atoms with Gasteiger partial charge in [0.1, 0.15) is 19.0 Å². The van der Waals surface area contributed by atoms with E-state index in [0.29, 0.717) is 35.7 Å². The number of carbonyl (C=O) groups is 3. The number of fused-ring (bicyclic) bond motifs is 1. The van der Waals surface area contributed by atoms with Crippen molar-refractivity contribution < 1.29 is 28.6 Å². The summed E-state index contributed by atoms with van der Waals surface area (Å²) in [6.07, 6.45) is -0.284. The van der Waals surface area contributed by atoms with E-state index in [9.17, 15) is 14.4 Å². The normalized spacial score (nSPS) is 21.0. The lowest BCUT2D eigenvalue weighted by Gasteiger charge is -2.36. The topological polar surface area (TPSA) is 97.4 Å². The Kier molecular flexibility index (Phi) is 9.44. The van der Waals surface area contributed by atoms with Gasteiger partial charge in [-0.25, -0.2) is 0 Å². The molecule has 194 valence electrons. The number of carbonyl (C=O) groups excluding carboxylic acids is 3. The van der Waals surface area contributed by atoms with E-state index in [1.165, 1.54) is 7.11 Å². The van der Waals surface area contributed by atoms with Crippen molar-refractivity contribution >= 4 is 23.4 Å². The second kappa shape index (κ2) is 12.5. The maximum Gasteiger partial charge on any atom is 0.257 e. The summed E-state index contributed by atoms with van der Waals surface area (Å²) in [5.74, 6) is -0.365. The van der Waals surface area contributed by atoms with Gasteiger partial charge < -0.3 is 29.3 Å². The number of hydrogen-bond acceptors (Lipinski definition) is 6. The van der Waals surface area contributed by atoms with Crippen LogP contribution < -0.4 is 10.1 Å². The average Bonchev–Trinajstić information content (AvgIpc) is 2.88. The van der Waals surface area contributed by atoms with Crippen molar-refractivity contribution in [2.45, 2.75) is 26.0 Å². The zero-order chi connectivity index (χ0) is 26.2. The highest BCUT2D eigenvalue weighted by atomic mass is 16.5. The van der Waals surface area contributed by atoms with Crippen molar-refractivity contribution in [1.29, 1.82) is 0 Å². The minimum Gasteiger partial charge on any atom is -0.491 e. The molecule has 2 aromatic carbocycles. The molecule has 0 saturated carbocycles. The van der Waals surface area contributed by atoms with Gasteiger partial charge in [-0.2, -0.15) is 0 Å². The molecule has 9 nitrogen and oxygen atoms in total. The number of amides is 3. The molecule has 2 aromatic rings. The van der Waals surface area contributed by atoms with Crippen LogP contribution in [-0.2, 0) is 14.3 Å². The first-order valence-corrected chi connectivity index (χ1v) is 11.9. The van der Waals surface area contributed by atoms with Gasteiger partial charge >= 0.3 is 0 Å². The first kappa shape index (κ1) is 27.2. The lowest BCUT2D eigenvalue weighted by molar-refractivity contribution is -0.119. The number of methoxy groups -OCH3 is 2. The van der Waals surface area contributed by atoms with Crippen molar-refractivity contribution in [2.24, 2.45) is 5.92 Å². The third kappa shape index (κ3) is 6.61. The van der Waals surface area contributed by atoms with Crippen LogP contribution in [0.4, 0.5) is 5.69 Å². The van der Waals surface area contributed by atoms with Crippen molar-refractivity contribution in [3.05, 3.63) is 59.7 Å². The standard InChI is InChI=1S/C27H35N3O6/c1-18-14-30(26(32)20-9-7-6-8-10-20)19(2)16-36-23-13-21(28-25(31)17-34-4)11-12-22(23)27(33)29(3)15-24(18)35-5/h6-13,18-19,24H,14-17H2,1-5H3,(H,28,31)/t18-,19-,24+/m0/s1. The predicted octanol–water partition coefficient (Wildman–Crippen LogP) is 2.92. The Bertz CT molecular complexity index is 1060. The maximum atomic E-state index is 13.5. The predicted molar refractivity (Wildman–Crippen MR) is 136 cm³/mol. The molecule has 3 rings (SSSR count). The van der Waals surface area contributed by atoms with Crippen LogP contribution in [-0.4, -0.2) is 87.2 Å². The number of nitrogens with one attached hydrogen (secondary N) is 1. The highest BCUT2D eigenvalue weighted by molar-refractivity contribution is 5.98. The first-order valence-electron chi connectivity index (χ1n) is 11.9. The van der Waals surface area contributed by atoms with Gasteiger partial charge in [0.15, 0.2) is 0 Å². The minimum atomic E-state index is -0.320. The van der Waals surface area contributed by atoms with Gasteiger partial charge in [-0.15, -0.1) is 0 Å². The van der Waals surface area contributed by atoms with Crippen LogP contribution in [0.15, 0.2) is 48.5 Å². The third-order valence-corrected chi connectivity index (χ3v) is 6.29. The molecule has 1 aliphatic heterocycles. The molecule has 0 bridgehead atoms. The van der Waals surface area contributed by atoms with Gasteiger partial charge in [-0.1, -0.05) is 25.1 Å². The second-order valence-electron chi connectivity index (χ2n) is 9.11. The zero-order valence-corrected chi connectivity index (χ0v) is 21.5. The van der Waals surface area contributed by atoms with Gasteiger partial charge in [0, 0.05) is 57.6 Å². The molecule has 3 atom stereocenters. The molecule has 0 aliphatic carbocycles. The van der Waals surface area contributed by atoms with E-state index < -0.39 is 0 Å². The number of benzene rings is 2. The van der Waals surface area contributed by atoms with Gasteiger partial charge in [0.2, 0.25) is 5.91 Å². The van der Waals surface area contributed by atoms with Crippen LogP contribution in [0.25, 0.3) is 0 Å². The molecule has 1 N–H and O–H groups in total. The fourth-order valence-corrected chi connectivity index (χ4v) is 4.21. The molecular formula is C27H35N3O6. The number of anilines is 1. The number of likely N-dealkylation sites (N-methyl/N-ethyl adjacent to an activating group) is 1. The summed E-state index contributed by atoms with van der Waals surface area (Å²) < 4.78 is 16.7. The molecule has 9 heteroatoms. The Balaban J connectivity index is 1.97. The van der Waals surface area contributed by atoms with Gasteiger partial charge in [0.05, 0.1) is 17.7 Å². The summed E-state index contributed by atoms with van der Waals surface area (Å²) in [5.41, 5.74) is 1.43. The van der Waals surface area contributed by atoms with Crippen LogP contribution in [0.5, 0.6) is 5.75 Å². The summed E-state index contributed by atoms with van der Waals surface area (Å²) >= 11 is 0. The van der Waals surface area contributed by atoms with E-state index in [-0.39, 0.29) is 49.0 Å². The van der Waals surface area contributed by atoms with Gasteiger partial charge in [-0.3, -0.25) is 14.4 Å². The van der Waals surface area contributed by atoms with E-state index in [1.54, 1.807) is 54.3 Å². The summed E-state index contributed by atoms with van der Waals surface area (Å²) in [5, 5.41) is 2.73. The average molecular weight is 498 g/mol. The van der Waals surface area contributed by atoms with Crippen LogP contribution in [0.2, 0.25) is 0 Å². The summed E-state index contributed by atoms with van der Waals surface area (Å²) in [7, 11) is 4.76. The summed E-state index contributed by atoms with van der Waals surface area (Å²) in [6.45, 7) is 4.76. The summed E-state index contributed by atoms with van der Waals surface area (Å²) in [6, 6.07) is 13.7. The molecule has 3 amide bonds. The smallest absolute Gasteiger partial charge is 0.257 e. The Labute approximate surface area is 212 Å². The highest BCUT2D eigenvalue weighted by Crippen LogP contribution is 2.27. The van der Waals surface area contributed by atoms with Crippen LogP contribution >= 0.6 is 0 Å². The molecule has 1 heterocycles. The molecular weight excluding hydrogens is 462 g/mol. The lowest BCUT2D eigenvalue weighted by atomic mass is 10.0. The highest BCUT2D eigenvalue weighted by Gasteiger charge is 2.30. The van der Waals surface area contributed by atoms with Crippen molar-refractivity contribution in [3.63, 3.8) is 0 Å². The van der Waals surface area contributed by atoms with Crippen molar-refractivity contribution in [3.8, 4) is 5.75 Å². The largest absolute Gasteiger partial charge is 0.491 e. The van der Waals surface area contributed by atoms with E-state index in [0.717, 1.165) is 0 Å². The van der Waals surface area contributed by atoms with E-state index >= 15 is 0 Å². The molecule has 0 saturated heterocycles. The number of rotatable bonds is 5. The Hall–Kier alpha value is -3.43. The summed E-state index contributed by atoms with van der Waals surface area (Å²) in [4.78, 5) is 42.2. The molecule has 0 radical (unpaired) electrons. The lowest BCUT2D eigenvalue weighted by Crippen LogP contribution is -2.48. The molecule has 36 heavy (non-hydrogen) atoms. The first-order chi connectivity index (χ1) is 17.2. The number of ether oxygens (including phenoxy) is 3. The SMILES string of the molecule is COCC(=O)Nc1ccc2c(c1)OC[C@H](C)N(C(=O)c1ccccc1)C[C@H](C)[C@H](OC)CN(C)C2=O. The zero-order valence-electron chi connectivity index (χ0n) is 21.5. The molecule has 1 aliphatic rings. The van der Waals surface area contributed by atoms with E-state index in [2.05, 4.69) is 5.32 Å². The van der Waals surface area contributed by atoms with Gasteiger partial charge in [0.25, 0.3) is 11.8 Å². The molecule has 0 aromatic heterocycles. The Morgan fingerprint density at radius 2 is 1.81 bits per heavy atom. The quantitative estimate of drug-likeness (QED) is 0.682. The Morgan fingerprint density at radius 3 is 2.47 bits per heavy atom. The van der Waals surface area contributed by atoms with Crippen LogP contribution in [0.3, 0.4) is 0 Å². The fraction of sp³-hybridized carbons (Fsp3) is 0.444. The van der Waals surface area contributed by atoms with Crippen LogP contribution in [0.1, 0.15) is 34.6 Å². The monoisotopic (exact) mass is 497 g/mol. The number of hydrogen-bond donors (Lipinski definition) is 1. The van der Waals surface area contributed by atoms with E-state index in [1.807, 2.05) is 32.0 Å². The van der Waals surface area contributed by atoms with Gasteiger partial charge in [-0.05, 0) is 31.2 Å². The maximum absolute atomic E-state index is 13.5. The van der Waals surface area contributed by atoms with Crippen molar-refractivity contribution in [1.82, 2.24) is 9.80 Å². The molecule has 0 unspecified atom stereocenters. The van der Waals surface area contributed by atoms with Crippen LogP contribution in [0, 0.1) is 5.92 Å². The minimum absolute atomic E-state index is 0.0439. The second-order valence-corrected chi connectivity index (χ2v) is 9.11. The van der Waals surface area contributed by atoms with Crippen molar-refractivity contribution in [2.75, 3.05) is 52.9 Å². The van der Waals surface area contributed by atoms with E-state index in [4.69, 9.17) is 14.2 Å². The third-order valence-electron chi connectivity index (χ3n) is 6.29. The molecule has 0 spiro atoms. The fourth-order valence-electron chi connectivity index (χ4n) is 4.21.